The SMILES string of the molecule is Cc1[nH]n(C(C)C)c(=O)c1-c1ccccc1. The van der Waals surface area contributed by atoms with Crippen molar-refractivity contribution >= 4 is 0 Å². The zero-order valence-corrected chi connectivity index (χ0v) is 9.82. The van der Waals surface area contributed by atoms with Crippen molar-refractivity contribution < 1.29 is 0 Å². The third-order valence-corrected chi connectivity index (χ3v) is 2.67. The Morgan fingerprint density at radius 2 is 1.81 bits per heavy atom. The molecule has 0 aliphatic heterocycles. The highest BCUT2D eigenvalue weighted by Crippen LogP contribution is 2.18. The van der Waals surface area contributed by atoms with Gasteiger partial charge in [0.05, 0.1) is 5.56 Å². The van der Waals surface area contributed by atoms with Crippen molar-refractivity contribution in [3.63, 3.8) is 0 Å². The molecule has 0 radical (unpaired) electrons. The van der Waals surface area contributed by atoms with Crippen LogP contribution in [-0.4, -0.2) is 9.78 Å². The second kappa shape index (κ2) is 4.00. The zero-order valence-electron chi connectivity index (χ0n) is 9.82. The van der Waals surface area contributed by atoms with Gasteiger partial charge in [0, 0.05) is 11.7 Å². The summed E-state index contributed by atoms with van der Waals surface area (Å²) in [6.45, 7) is 5.92. The average Bonchev–Trinajstić information content (AvgIpc) is 2.56. The van der Waals surface area contributed by atoms with E-state index in [0.29, 0.717) is 0 Å². The minimum absolute atomic E-state index is 0.0544. The number of nitrogens with zero attached hydrogens (tertiary/aromatic N) is 1. The molecule has 0 fully saturated rings. The van der Waals surface area contributed by atoms with Crippen molar-refractivity contribution in [3.8, 4) is 11.1 Å². The number of hydrogen-bond acceptors (Lipinski definition) is 1. The van der Waals surface area contributed by atoms with Gasteiger partial charge in [-0.2, -0.15) is 0 Å². The van der Waals surface area contributed by atoms with E-state index in [1.807, 2.05) is 51.1 Å². The lowest BCUT2D eigenvalue weighted by Crippen LogP contribution is -2.19. The Morgan fingerprint density at radius 1 is 1.19 bits per heavy atom. The first kappa shape index (κ1) is 10.7. The molecule has 0 atom stereocenters. The van der Waals surface area contributed by atoms with Crippen molar-refractivity contribution in [3.05, 3.63) is 46.4 Å². The van der Waals surface area contributed by atoms with E-state index < -0.39 is 0 Å². The van der Waals surface area contributed by atoms with Gasteiger partial charge in [-0.05, 0) is 26.3 Å². The van der Waals surface area contributed by atoms with Gasteiger partial charge < -0.3 is 0 Å². The number of H-pyrrole nitrogens is 1. The summed E-state index contributed by atoms with van der Waals surface area (Å²) in [4.78, 5) is 12.2. The molecule has 0 unspecified atom stereocenters. The molecular formula is C13H16N2O. The van der Waals surface area contributed by atoms with Crippen molar-refractivity contribution in [2.75, 3.05) is 0 Å². The topological polar surface area (TPSA) is 37.8 Å². The summed E-state index contributed by atoms with van der Waals surface area (Å²) >= 11 is 0. The normalized spacial score (nSPS) is 11.0. The second-order valence-corrected chi connectivity index (χ2v) is 4.25. The molecule has 3 nitrogen and oxygen atoms in total. The lowest BCUT2D eigenvalue weighted by molar-refractivity contribution is 0.514. The van der Waals surface area contributed by atoms with E-state index in [1.54, 1.807) is 4.68 Å². The van der Waals surface area contributed by atoms with Crippen LogP contribution in [0.2, 0.25) is 0 Å². The van der Waals surface area contributed by atoms with E-state index in [9.17, 15) is 4.79 Å². The van der Waals surface area contributed by atoms with Gasteiger partial charge in [-0.15, -0.1) is 0 Å². The van der Waals surface area contributed by atoms with Gasteiger partial charge in [-0.25, -0.2) is 4.68 Å². The van der Waals surface area contributed by atoms with Gasteiger partial charge >= 0.3 is 0 Å². The van der Waals surface area contributed by atoms with Crippen molar-refractivity contribution in [1.29, 1.82) is 0 Å². The van der Waals surface area contributed by atoms with Crippen molar-refractivity contribution in [1.82, 2.24) is 9.78 Å². The van der Waals surface area contributed by atoms with E-state index in [1.165, 1.54) is 0 Å². The number of benzene rings is 1. The third kappa shape index (κ3) is 1.69. The summed E-state index contributed by atoms with van der Waals surface area (Å²) in [6.07, 6.45) is 0. The molecule has 16 heavy (non-hydrogen) atoms. The molecule has 0 aliphatic rings. The largest absolute Gasteiger partial charge is 0.299 e. The summed E-state index contributed by atoms with van der Waals surface area (Å²) in [5.41, 5.74) is 2.72. The molecule has 0 aliphatic carbocycles. The molecule has 1 heterocycles. The minimum Gasteiger partial charge on any atom is -0.299 e. The molecule has 3 heteroatoms. The van der Waals surface area contributed by atoms with Gasteiger partial charge in [0.15, 0.2) is 0 Å². The van der Waals surface area contributed by atoms with E-state index in [0.717, 1.165) is 16.8 Å². The van der Waals surface area contributed by atoms with E-state index in [-0.39, 0.29) is 11.6 Å². The predicted octanol–water partition coefficient (Wildman–Crippen LogP) is 2.73. The van der Waals surface area contributed by atoms with E-state index in [4.69, 9.17) is 0 Å². The fourth-order valence-corrected chi connectivity index (χ4v) is 1.88. The van der Waals surface area contributed by atoms with Crippen LogP contribution >= 0.6 is 0 Å². The van der Waals surface area contributed by atoms with Crippen molar-refractivity contribution in [2.45, 2.75) is 26.8 Å². The number of aryl methyl sites for hydroxylation is 1. The van der Waals surface area contributed by atoms with Crippen LogP contribution in [0.1, 0.15) is 25.6 Å². The Bertz CT molecular complexity index is 535. The molecule has 0 bridgehead atoms. The van der Waals surface area contributed by atoms with Crippen LogP contribution in [-0.2, 0) is 0 Å². The molecule has 2 rings (SSSR count). The van der Waals surface area contributed by atoms with Crippen LogP contribution in [0.4, 0.5) is 0 Å². The first-order valence-electron chi connectivity index (χ1n) is 5.47. The predicted molar refractivity (Wildman–Crippen MR) is 65.6 cm³/mol. The summed E-state index contributed by atoms with van der Waals surface area (Å²) in [5.74, 6) is 0. The lowest BCUT2D eigenvalue weighted by atomic mass is 10.1. The molecule has 0 amide bonds. The molecule has 1 aromatic heterocycles. The average molecular weight is 216 g/mol. The number of aromatic amines is 1. The third-order valence-electron chi connectivity index (χ3n) is 2.67. The maximum Gasteiger partial charge on any atom is 0.274 e. The van der Waals surface area contributed by atoms with Crippen LogP contribution in [0.25, 0.3) is 11.1 Å². The number of aromatic nitrogens is 2. The van der Waals surface area contributed by atoms with Gasteiger partial charge in [0.1, 0.15) is 0 Å². The van der Waals surface area contributed by atoms with Crippen LogP contribution in [0, 0.1) is 6.92 Å². The minimum atomic E-state index is 0.0544. The molecular weight excluding hydrogens is 200 g/mol. The molecule has 84 valence electrons. The lowest BCUT2D eigenvalue weighted by Gasteiger charge is -2.03. The number of nitrogens with one attached hydrogen (secondary N) is 1. The fourth-order valence-electron chi connectivity index (χ4n) is 1.88. The fraction of sp³-hybridized carbons (Fsp3) is 0.308. The standard InChI is InChI=1S/C13H16N2O/c1-9(2)15-13(16)12(10(3)14-15)11-7-5-4-6-8-11/h4-9,14H,1-3H3. The summed E-state index contributed by atoms with van der Waals surface area (Å²) in [5, 5.41) is 3.12. The van der Waals surface area contributed by atoms with Gasteiger partial charge in [0.25, 0.3) is 5.56 Å². The van der Waals surface area contributed by atoms with Crippen LogP contribution < -0.4 is 5.56 Å². The first-order valence-corrected chi connectivity index (χ1v) is 5.47. The second-order valence-electron chi connectivity index (χ2n) is 4.25. The Kier molecular flexibility index (Phi) is 2.69. The van der Waals surface area contributed by atoms with Crippen LogP contribution in [0.15, 0.2) is 35.1 Å². The van der Waals surface area contributed by atoms with Gasteiger partial charge in [0.2, 0.25) is 0 Å². The molecule has 0 saturated carbocycles. The van der Waals surface area contributed by atoms with Gasteiger partial charge in [-0.1, -0.05) is 30.3 Å². The first-order chi connectivity index (χ1) is 7.61. The van der Waals surface area contributed by atoms with Crippen molar-refractivity contribution in [2.24, 2.45) is 0 Å². The van der Waals surface area contributed by atoms with Crippen LogP contribution in [0.3, 0.4) is 0 Å². The van der Waals surface area contributed by atoms with E-state index >= 15 is 0 Å². The number of rotatable bonds is 2. The Labute approximate surface area is 94.7 Å². The maximum absolute atomic E-state index is 12.2. The summed E-state index contributed by atoms with van der Waals surface area (Å²) in [6, 6.07) is 9.92. The Hall–Kier alpha value is -1.77. The molecule has 0 saturated heterocycles. The molecule has 1 aromatic carbocycles. The molecule has 0 spiro atoms. The maximum atomic E-state index is 12.2. The summed E-state index contributed by atoms with van der Waals surface area (Å²) < 4.78 is 1.66. The zero-order chi connectivity index (χ0) is 11.7. The summed E-state index contributed by atoms with van der Waals surface area (Å²) in [7, 11) is 0. The van der Waals surface area contributed by atoms with E-state index in [2.05, 4.69) is 5.10 Å². The highest BCUT2D eigenvalue weighted by atomic mass is 16.1. The smallest absolute Gasteiger partial charge is 0.274 e. The van der Waals surface area contributed by atoms with Gasteiger partial charge in [-0.3, -0.25) is 9.89 Å². The highest BCUT2D eigenvalue weighted by molar-refractivity contribution is 5.64. The van der Waals surface area contributed by atoms with Crippen LogP contribution in [0.5, 0.6) is 0 Å². The quantitative estimate of drug-likeness (QED) is 0.823. The number of hydrogen-bond donors (Lipinski definition) is 1. The molecule has 2 aromatic rings. The molecule has 1 N–H and O–H groups in total. The Balaban J connectivity index is 2.63. The highest BCUT2D eigenvalue weighted by Gasteiger charge is 2.13. The monoisotopic (exact) mass is 216 g/mol. The Morgan fingerprint density at radius 3 is 2.31 bits per heavy atom.